The van der Waals surface area contributed by atoms with E-state index in [9.17, 15) is 0 Å². The Kier molecular flexibility index (Phi) is 6.92. The lowest BCUT2D eigenvalue weighted by molar-refractivity contribution is -0.343. The maximum absolute atomic E-state index is 6.66. The third-order valence-corrected chi connectivity index (χ3v) is 7.92. The minimum absolute atomic E-state index is 0.0730. The molecular weight excluding hydrogens is 520 g/mol. The SMILES string of the molecule is C=[N+]1C=Cc2c(-c3c4c(nn3-c3c(CC)cccc3CC)CCN(c3ncc(OC(C)C)cn3)C4)ccc(Cl)c21. The first-order valence-electron chi connectivity index (χ1n) is 14.0. The Bertz CT molecular complexity index is 1610. The summed E-state index contributed by atoms with van der Waals surface area (Å²) in [5, 5.41) is 5.98. The summed E-state index contributed by atoms with van der Waals surface area (Å²) < 4.78 is 9.79. The van der Waals surface area contributed by atoms with Crippen LogP contribution in [0.3, 0.4) is 0 Å². The normalized spacial score (nSPS) is 14.2. The number of halogens is 1. The van der Waals surface area contributed by atoms with Crippen molar-refractivity contribution in [3.05, 3.63) is 81.9 Å². The summed E-state index contributed by atoms with van der Waals surface area (Å²) >= 11 is 6.66. The molecule has 0 saturated carbocycles. The molecule has 0 aliphatic carbocycles. The fraction of sp³-hybridized carbons (Fsp3) is 0.312. The Balaban J connectivity index is 1.53. The molecule has 204 valence electrons. The van der Waals surface area contributed by atoms with Crippen LogP contribution in [0.2, 0.25) is 5.02 Å². The number of anilines is 1. The molecule has 0 saturated heterocycles. The molecule has 2 aliphatic heterocycles. The highest BCUT2D eigenvalue weighted by molar-refractivity contribution is 6.33. The van der Waals surface area contributed by atoms with Gasteiger partial charge in [-0.2, -0.15) is 9.67 Å². The van der Waals surface area contributed by atoms with Gasteiger partial charge in [0.05, 0.1) is 41.1 Å². The van der Waals surface area contributed by atoms with Crippen molar-refractivity contribution in [1.29, 1.82) is 0 Å². The molecule has 0 spiro atoms. The van der Waals surface area contributed by atoms with Gasteiger partial charge in [0.15, 0.2) is 11.9 Å². The molecule has 0 unspecified atom stereocenters. The monoisotopic (exact) mass is 553 g/mol. The largest absolute Gasteiger partial charge is 0.488 e. The Morgan fingerprint density at radius 3 is 2.48 bits per heavy atom. The minimum Gasteiger partial charge on any atom is -0.488 e. The van der Waals surface area contributed by atoms with Gasteiger partial charge in [0.1, 0.15) is 11.7 Å². The molecule has 2 aromatic heterocycles. The molecule has 0 amide bonds. The number of para-hydroxylation sites is 1. The fourth-order valence-corrected chi connectivity index (χ4v) is 6.04. The van der Waals surface area contributed by atoms with Crippen LogP contribution in [-0.2, 0) is 25.8 Å². The second kappa shape index (κ2) is 10.5. The summed E-state index contributed by atoms with van der Waals surface area (Å²) in [6.07, 6.45) is 10.3. The zero-order valence-electron chi connectivity index (χ0n) is 23.5. The van der Waals surface area contributed by atoms with Crippen molar-refractivity contribution in [2.45, 2.75) is 59.6 Å². The number of hydrogen-bond acceptors (Lipinski definition) is 5. The Morgan fingerprint density at radius 1 is 1.07 bits per heavy atom. The second-order valence-corrected chi connectivity index (χ2v) is 10.9. The number of aryl methyl sites for hydroxylation is 2. The molecule has 0 fully saturated rings. The number of benzene rings is 2. The van der Waals surface area contributed by atoms with Crippen molar-refractivity contribution in [3.63, 3.8) is 0 Å². The van der Waals surface area contributed by atoms with Crippen molar-refractivity contribution < 1.29 is 9.31 Å². The van der Waals surface area contributed by atoms with Crippen molar-refractivity contribution in [3.8, 4) is 22.7 Å². The van der Waals surface area contributed by atoms with E-state index in [-0.39, 0.29) is 6.10 Å². The van der Waals surface area contributed by atoms with E-state index in [4.69, 9.17) is 21.4 Å². The predicted molar refractivity (Wildman–Crippen MR) is 161 cm³/mol. The van der Waals surface area contributed by atoms with E-state index in [1.165, 1.54) is 22.4 Å². The van der Waals surface area contributed by atoms with Crippen LogP contribution in [-0.4, -0.2) is 43.7 Å². The molecule has 0 bridgehead atoms. The average molecular weight is 554 g/mol. The highest BCUT2D eigenvalue weighted by Crippen LogP contribution is 2.44. The molecule has 8 heteroatoms. The van der Waals surface area contributed by atoms with Crippen molar-refractivity contribution in [2.75, 3.05) is 11.4 Å². The highest BCUT2D eigenvalue weighted by atomic mass is 35.5. The third-order valence-electron chi connectivity index (χ3n) is 7.61. The van der Waals surface area contributed by atoms with E-state index in [2.05, 4.69) is 70.5 Å². The van der Waals surface area contributed by atoms with E-state index < -0.39 is 0 Å². The van der Waals surface area contributed by atoms with Crippen LogP contribution < -0.4 is 9.64 Å². The molecule has 40 heavy (non-hydrogen) atoms. The van der Waals surface area contributed by atoms with Crippen molar-refractivity contribution >= 4 is 36.0 Å². The van der Waals surface area contributed by atoms with E-state index in [1.807, 2.05) is 30.7 Å². The van der Waals surface area contributed by atoms with Gasteiger partial charge >= 0.3 is 0 Å². The number of fused-ring (bicyclic) bond motifs is 2. The van der Waals surface area contributed by atoms with Crippen LogP contribution in [0.1, 0.15) is 55.6 Å². The van der Waals surface area contributed by atoms with E-state index in [0.29, 0.717) is 23.3 Å². The summed E-state index contributed by atoms with van der Waals surface area (Å²) in [7, 11) is 0. The predicted octanol–water partition coefficient (Wildman–Crippen LogP) is 6.79. The highest BCUT2D eigenvalue weighted by Gasteiger charge is 2.32. The molecule has 0 N–H and O–H groups in total. The van der Waals surface area contributed by atoms with Gasteiger partial charge in [-0.15, -0.1) is 0 Å². The van der Waals surface area contributed by atoms with Crippen LogP contribution in [0.5, 0.6) is 5.75 Å². The fourth-order valence-electron chi connectivity index (χ4n) is 5.76. The van der Waals surface area contributed by atoms with Gasteiger partial charge in [-0.1, -0.05) is 49.7 Å². The van der Waals surface area contributed by atoms with Crippen LogP contribution in [0.25, 0.3) is 23.0 Å². The van der Waals surface area contributed by atoms with Gasteiger partial charge < -0.3 is 9.64 Å². The number of rotatable bonds is 7. The Morgan fingerprint density at radius 2 is 1.80 bits per heavy atom. The quantitative estimate of drug-likeness (QED) is 0.236. The second-order valence-electron chi connectivity index (χ2n) is 10.5. The summed E-state index contributed by atoms with van der Waals surface area (Å²) in [4.78, 5) is 11.5. The van der Waals surface area contributed by atoms with Crippen LogP contribution in [0, 0.1) is 0 Å². The summed E-state index contributed by atoms with van der Waals surface area (Å²) in [5.74, 6) is 1.36. The molecule has 4 aromatic rings. The topological polar surface area (TPSA) is 59.1 Å². The molecule has 2 aromatic carbocycles. The third kappa shape index (κ3) is 4.48. The lowest BCUT2D eigenvalue weighted by Crippen LogP contribution is -2.31. The molecule has 2 aliphatic rings. The van der Waals surface area contributed by atoms with Gasteiger partial charge in [0.2, 0.25) is 11.6 Å². The van der Waals surface area contributed by atoms with Gasteiger partial charge in [0, 0.05) is 36.7 Å². The maximum atomic E-state index is 6.66. The number of nitrogens with zero attached hydrogens (tertiary/aromatic N) is 6. The number of hydrogen-bond donors (Lipinski definition) is 0. The first-order chi connectivity index (χ1) is 19.4. The van der Waals surface area contributed by atoms with Crippen LogP contribution >= 0.6 is 11.6 Å². The maximum Gasteiger partial charge on any atom is 0.237 e. The van der Waals surface area contributed by atoms with Crippen molar-refractivity contribution in [1.82, 2.24) is 19.7 Å². The number of ether oxygens (including phenoxy) is 1. The van der Waals surface area contributed by atoms with Crippen LogP contribution in [0.4, 0.5) is 11.6 Å². The standard InChI is InChI=1S/C32H34ClN6O/c1-6-21-9-8-10-22(7-2)29(21)39-30(24-11-12-27(33)31-25(24)13-15-37(31)5)26-19-38(16-14-28(26)36-39)32-34-17-23(18-35-32)40-20(3)4/h8-13,15,17-18,20H,5-7,14,16,19H2,1-4H3/q+1. The molecule has 0 atom stereocenters. The van der Waals surface area contributed by atoms with Crippen molar-refractivity contribution in [2.24, 2.45) is 0 Å². The number of aromatic nitrogens is 4. The van der Waals surface area contributed by atoms with Gasteiger partial charge in [-0.05, 0) is 43.9 Å². The Labute approximate surface area is 240 Å². The minimum atomic E-state index is 0.0730. The molecule has 0 radical (unpaired) electrons. The Hall–Kier alpha value is -3.97. The molecule has 7 nitrogen and oxygen atoms in total. The first-order valence-corrected chi connectivity index (χ1v) is 14.3. The van der Waals surface area contributed by atoms with Gasteiger partial charge in [-0.25, -0.2) is 14.6 Å². The zero-order chi connectivity index (χ0) is 28.0. The van der Waals surface area contributed by atoms with E-state index in [1.54, 1.807) is 12.4 Å². The molecule has 6 rings (SSSR count). The summed E-state index contributed by atoms with van der Waals surface area (Å²) in [5.41, 5.74) is 10.2. The van der Waals surface area contributed by atoms with Gasteiger partial charge in [-0.3, -0.25) is 0 Å². The van der Waals surface area contributed by atoms with E-state index >= 15 is 0 Å². The smallest absolute Gasteiger partial charge is 0.237 e. The van der Waals surface area contributed by atoms with Gasteiger partial charge in [0.25, 0.3) is 0 Å². The molecule has 4 heterocycles. The lowest BCUT2D eigenvalue weighted by Gasteiger charge is -2.27. The summed E-state index contributed by atoms with van der Waals surface area (Å²) in [6.45, 7) is 14.0. The summed E-state index contributed by atoms with van der Waals surface area (Å²) in [6, 6.07) is 10.7. The molecular formula is C32H34ClN6O+. The first kappa shape index (κ1) is 26.3. The van der Waals surface area contributed by atoms with Crippen LogP contribution in [0.15, 0.2) is 48.9 Å². The lowest BCUT2D eigenvalue weighted by atomic mass is 9.96. The zero-order valence-corrected chi connectivity index (χ0v) is 24.2. The van der Waals surface area contributed by atoms with E-state index in [0.717, 1.165) is 54.0 Å². The average Bonchev–Trinajstić information content (AvgIpc) is 3.54.